The summed E-state index contributed by atoms with van der Waals surface area (Å²) in [7, 11) is 0. The number of rotatable bonds is 6. The highest BCUT2D eigenvalue weighted by Crippen LogP contribution is 2.34. The Hall–Kier alpha value is -1.86. The molecule has 0 atom stereocenters. The lowest BCUT2D eigenvalue weighted by Gasteiger charge is -2.28. The van der Waals surface area contributed by atoms with Crippen LogP contribution < -0.4 is 10.2 Å². The van der Waals surface area contributed by atoms with Crippen LogP contribution in [0.3, 0.4) is 0 Å². The number of hydrogen-bond donors (Lipinski definition) is 1. The predicted octanol–water partition coefficient (Wildman–Crippen LogP) is 2.81. The standard InChI is InChI=1S/C18H21N3O2S2/c1-3-13-12(2)25-17(20-13)8-9-19-16(22)10-21-14-6-4-5-7-15(14)24-11-18(21)23/h4-7H,3,8-11H2,1-2H3,(H,19,22). The van der Waals surface area contributed by atoms with Gasteiger partial charge >= 0.3 is 0 Å². The maximum atomic E-state index is 12.3. The van der Waals surface area contributed by atoms with E-state index in [1.165, 1.54) is 16.6 Å². The number of thioether (sulfide) groups is 1. The van der Waals surface area contributed by atoms with Gasteiger partial charge in [0, 0.05) is 22.7 Å². The monoisotopic (exact) mass is 375 g/mol. The first-order valence-corrected chi connectivity index (χ1v) is 10.1. The summed E-state index contributed by atoms with van der Waals surface area (Å²) in [5, 5.41) is 3.95. The van der Waals surface area contributed by atoms with Gasteiger partial charge in [-0.15, -0.1) is 23.1 Å². The Morgan fingerprint density at radius 3 is 2.92 bits per heavy atom. The molecule has 7 heteroatoms. The highest BCUT2D eigenvalue weighted by Gasteiger charge is 2.26. The van der Waals surface area contributed by atoms with E-state index in [2.05, 4.69) is 24.1 Å². The maximum Gasteiger partial charge on any atom is 0.240 e. The molecule has 2 amide bonds. The summed E-state index contributed by atoms with van der Waals surface area (Å²) in [6.07, 6.45) is 1.65. The van der Waals surface area contributed by atoms with Crippen LogP contribution in [0.15, 0.2) is 29.2 Å². The highest BCUT2D eigenvalue weighted by molar-refractivity contribution is 8.00. The summed E-state index contributed by atoms with van der Waals surface area (Å²) >= 11 is 3.21. The molecule has 0 unspecified atom stereocenters. The minimum atomic E-state index is -0.140. The van der Waals surface area contributed by atoms with Crippen molar-refractivity contribution < 1.29 is 9.59 Å². The topological polar surface area (TPSA) is 62.3 Å². The number of carbonyl (C=O) groups excluding carboxylic acids is 2. The zero-order valence-corrected chi connectivity index (χ0v) is 16.0. The molecule has 0 saturated heterocycles. The number of carbonyl (C=O) groups is 2. The second kappa shape index (κ2) is 8.01. The lowest BCUT2D eigenvalue weighted by molar-refractivity contribution is -0.122. The third kappa shape index (κ3) is 4.22. The maximum absolute atomic E-state index is 12.3. The number of amides is 2. The highest BCUT2D eigenvalue weighted by atomic mass is 32.2. The van der Waals surface area contributed by atoms with Crippen LogP contribution in [0.1, 0.15) is 22.5 Å². The molecule has 0 saturated carbocycles. The average Bonchev–Trinajstić information content (AvgIpc) is 2.97. The van der Waals surface area contributed by atoms with Crippen molar-refractivity contribution in [3.05, 3.63) is 39.8 Å². The van der Waals surface area contributed by atoms with Crippen LogP contribution in [0.25, 0.3) is 0 Å². The van der Waals surface area contributed by atoms with Crippen LogP contribution in [0, 0.1) is 6.92 Å². The van der Waals surface area contributed by atoms with Gasteiger partial charge in [0.1, 0.15) is 6.54 Å². The van der Waals surface area contributed by atoms with E-state index >= 15 is 0 Å². The van der Waals surface area contributed by atoms with E-state index in [9.17, 15) is 9.59 Å². The number of fused-ring (bicyclic) bond motifs is 1. The molecule has 0 aliphatic carbocycles. The van der Waals surface area contributed by atoms with Gasteiger partial charge < -0.3 is 10.2 Å². The van der Waals surface area contributed by atoms with Crippen molar-refractivity contribution in [3.8, 4) is 0 Å². The van der Waals surface area contributed by atoms with Crippen molar-refractivity contribution in [2.75, 3.05) is 23.7 Å². The molecular formula is C18H21N3O2S2. The number of anilines is 1. The van der Waals surface area contributed by atoms with Gasteiger partial charge in [0.15, 0.2) is 0 Å². The fraction of sp³-hybridized carbons (Fsp3) is 0.389. The first-order valence-electron chi connectivity index (χ1n) is 8.32. The quantitative estimate of drug-likeness (QED) is 0.843. The van der Waals surface area contributed by atoms with Crippen molar-refractivity contribution in [2.24, 2.45) is 0 Å². The molecule has 132 valence electrons. The fourth-order valence-electron chi connectivity index (χ4n) is 2.76. The van der Waals surface area contributed by atoms with Gasteiger partial charge in [-0.3, -0.25) is 9.59 Å². The number of hydrogen-bond acceptors (Lipinski definition) is 5. The number of aromatic nitrogens is 1. The Morgan fingerprint density at radius 2 is 2.16 bits per heavy atom. The number of thiazole rings is 1. The SMILES string of the molecule is CCc1nc(CCNC(=O)CN2C(=O)CSc3ccccc32)sc1C. The van der Waals surface area contributed by atoms with E-state index < -0.39 is 0 Å². The molecular weight excluding hydrogens is 354 g/mol. The van der Waals surface area contributed by atoms with Crippen molar-refractivity contribution in [1.29, 1.82) is 0 Å². The Bertz CT molecular complexity index is 788. The van der Waals surface area contributed by atoms with Crippen LogP contribution in [-0.2, 0) is 22.4 Å². The zero-order chi connectivity index (χ0) is 17.8. The third-order valence-electron chi connectivity index (χ3n) is 4.04. The smallest absolute Gasteiger partial charge is 0.240 e. The lowest BCUT2D eigenvalue weighted by atomic mass is 10.2. The van der Waals surface area contributed by atoms with Crippen LogP contribution >= 0.6 is 23.1 Å². The summed E-state index contributed by atoms with van der Waals surface area (Å²) in [5.74, 6) is 0.212. The van der Waals surface area contributed by atoms with Gasteiger partial charge in [-0.25, -0.2) is 4.98 Å². The van der Waals surface area contributed by atoms with Gasteiger partial charge in [0.05, 0.1) is 22.1 Å². The van der Waals surface area contributed by atoms with Gasteiger partial charge in [-0.2, -0.15) is 0 Å². The number of nitrogens with zero attached hydrogens (tertiary/aromatic N) is 2. The fourth-order valence-corrected chi connectivity index (χ4v) is 4.72. The van der Waals surface area contributed by atoms with E-state index in [1.807, 2.05) is 24.3 Å². The molecule has 5 nitrogen and oxygen atoms in total. The summed E-state index contributed by atoms with van der Waals surface area (Å²) in [5.41, 5.74) is 1.96. The first kappa shape index (κ1) is 17.9. The number of nitrogens with one attached hydrogen (secondary N) is 1. The molecule has 0 fully saturated rings. The van der Waals surface area contributed by atoms with Gasteiger partial charge in [-0.1, -0.05) is 19.1 Å². The molecule has 1 aromatic heterocycles. The van der Waals surface area contributed by atoms with Crippen molar-refractivity contribution in [1.82, 2.24) is 10.3 Å². The van der Waals surface area contributed by atoms with E-state index in [1.54, 1.807) is 16.2 Å². The molecule has 1 aliphatic rings. The van der Waals surface area contributed by atoms with Gasteiger partial charge in [0.25, 0.3) is 0 Å². The Morgan fingerprint density at radius 1 is 1.36 bits per heavy atom. The Balaban J connectivity index is 1.55. The van der Waals surface area contributed by atoms with Crippen LogP contribution in [0.2, 0.25) is 0 Å². The molecule has 0 bridgehead atoms. The molecule has 1 aromatic carbocycles. The van der Waals surface area contributed by atoms with Crippen LogP contribution in [-0.4, -0.2) is 35.6 Å². The molecule has 2 aromatic rings. The third-order valence-corrected chi connectivity index (χ3v) is 6.16. The van der Waals surface area contributed by atoms with Crippen molar-refractivity contribution in [2.45, 2.75) is 31.6 Å². The summed E-state index contributed by atoms with van der Waals surface area (Å²) in [4.78, 5) is 32.9. The van der Waals surface area contributed by atoms with Crippen molar-refractivity contribution in [3.63, 3.8) is 0 Å². The van der Waals surface area contributed by atoms with Crippen LogP contribution in [0.5, 0.6) is 0 Å². The number of benzene rings is 1. The minimum Gasteiger partial charge on any atom is -0.354 e. The lowest BCUT2D eigenvalue weighted by Crippen LogP contribution is -2.43. The molecule has 25 heavy (non-hydrogen) atoms. The zero-order valence-electron chi connectivity index (χ0n) is 14.4. The molecule has 1 aliphatic heterocycles. The second-order valence-electron chi connectivity index (χ2n) is 5.80. The van der Waals surface area contributed by atoms with Crippen LogP contribution in [0.4, 0.5) is 5.69 Å². The normalized spacial score (nSPS) is 13.7. The Kier molecular flexibility index (Phi) is 5.75. The number of aryl methyl sites for hydroxylation is 2. The molecule has 0 radical (unpaired) electrons. The molecule has 3 rings (SSSR count). The molecule has 2 heterocycles. The number of para-hydroxylation sites is 1. The average molecular weight is 376 g/mol. The molecule has 1 N–H and O–H groups in total. The van der Waals surface area contributed by atoms with E-state index in [0.717, 1.165) is 34.1 Å². The summed E-state index contributed by atoms with van der Waals surface area (Å²) < 4.78 is 0. The second-order valence-corrected chi connectivity index (χ2v) is 8.11. The minimum absolute atomic E-state index is 0.0259. The predicted molar refractivity (Wildman–Crippen MR) is 102 cm³/mol. The largest absolute Gasteiger partial charge is 0.354 e. The van der Waals surface area contributed by atoms with E-state index in [4.69, 9.17) is 0 Å². The van der Waals surface area contributed by atoms with E-state index in [0.29, 0.717) is 12.3 Å². The van der Waals surface area contributed by atoms with Crippen molar-refractivity contribution >= 4 is 40.6 Å². The van der Waals surface area contributed by atoms with E-state index in [-0.39, 0.29) is 18.4 Å². The van der Waals surface area contributed by atoms with Gasteiger partial charge in [-0.05, 0) is 25.5 Å². The Labute approximate surface area is 155 Å². The summed E-state index contributed by atoms with van der Waals surface area (Å²) in [6, 6.07) is 7.70. The van der Waals surface area contributed by atoms with Gasteiger partial charge in [0.2, 0.25) is 11.8 Å². The molecule has 0 spiro atoms. The first-order chi connectivity index (χ1) is 12.1. The summed E-state index contributed by atoms with van der Waals surface area (Å²) in [6.45, 7) is 4.77.